The summed E-state index contributed by atoms with van der Waals surface area (Å²) in [7, 11) is -2.12. The summed E-state index contributed by atoms with van der Waals surface area (Å²) in [4.78, 5) is 3.55. The molecule has 0 fully saturated rings. The van der Waals surface area contributed by atoms with E-state index in [9.17, 15) is 8.42 Å². The van der Waals surface area contributed by atoms with Crippen LogP contribution in [-0.2, 0) is 9.84 Å². The van der Waals surface area contributed by atoms with Crippen LogP contribution in [0.25, 0.3) is 0 Å². The summed E-state index contributed by atoms with van der Waals surface area (Å²) >= 11 is 5.91. The number of amidine groups is 1. The first-order valence-corrected chi connectivity index (χ1v) is 6.87. The van der Waals surface area contributed by atoms with Crippen molar-refractivity contribution < 1.29 is 8.42 Å². The maximum absolute atomic E-state index is 11.2. The molecule has 1 unspecified atom stereocenters. The number of sulfone groups is 1. The lowest BCUT2D eigenvalue weighted by atomic mass is 10.0. The van der Waals surface area contributed by atoms with E-state index in [1.165, 1.54) is 13.1 Å². The zero-order valence-electron chi connectivity index (χ0n) is 9.81. The molecule has 2 atom stereocenters. The molecule has 5 nitrogen and oxygen atoms in total. The topological polar surface area (TPSA) is 71.2 Å². The van der Waals surface area contributed by atoms with Crippen molar-refractivity contribution in [2.75, 3.05) is 13.3 Å². The first kappa shape index (κ1) is 15.2. The predicted octanol–water partition coefficient (Wildman–Crippen LogP) is 2.04. The van der Waals surface area contributed by atoms with Gasteiger partial charge in [0.15, 0.2) is 0 Å². The van der Waals surface area contributed by atoms with E-state index in [4.69, 9.17) is 11.6 Å². The molecule has 0 radical (unpaired) electrons. The molecule has 0 N–H and O–H groups in total. The van der Waals surface area contributed by atoms with Crippen LogP contribution in [-0.4, -0.2) is 37.8 Å². The Balaban J connectivity index is 5.18. The molecular weight excluding hydrogens is 250 g/mol. The second-order valence-corrected chi connectivity index (χ2v) is 6.09. The van der Waals surface area contributed by atoms with Gasteiger partial charge >= 0.3 is 0 Å². The molecule has 7 heteroatoms. The van der Waals surface area contributed by atoms with E-state index in [2.05, 4.69) is 21.8 Å². The molecule has 0 rings (SSSR count). The third-order valence-electron chi connectivity index (χ3n) is 2.09. The Kier molecular flexibility index (Phi) is 5.28. The Morgan fingerprint density at radius 2 is 2.06 bits per heavy atom. The molecule has 0 aliphatic heterocycles. The minimum absolute atomic E-state index is 0.321. The van der Waals surface area contributed by atoms with Crippen LogP contribution in [0.3, 0.4) is 0 Å². The number of nitrogens with zero attached hydrogens (tertiary/aromatic N) is 3. The highest BCUT2D eigenvalue weighted by atomic mass is 35.5. The van der Waals surface area contributed by atoms with Crippen molar-refractivity contribution in [1.29, 1.82) is 0 Å². The summed E-state index contributed by atoms with van der Waals surface area (Å²) in [6.07, 6.45) is 2.54. The van der Waals surface area contributed by atoms with Gasteiger partial charge in [-0.15, -0.1) is 23.3 Å². The fourth-order valence-corrected chi connectivity index (χ4v) is 1.37. The molecule has 0 aliphatic carbocycles. The molecule has 0 saturated carbocycles. The van der Waals surface area contributed by atoms with E-state index >= 15 is 0 Å². The number of rotatable bonds is 3. The molecule has 0 heterocycles. The van der Waals surface area contributed by atoms with Crippen LogP contribution in [0.1, 0.15) is 13.8 Å². The van der Waals surface area contributed by atoms with Crippen molar-refractivity contribution in [3.8, 4) is 0 Å². The van der Waals surface area contributed by atoms with Crippen molar-refractivity contribution in [1.82, 2.24) is 0 Å². The van der Waals surface area contributed by atoms with Gasteiger partial charge in [0.1, 0.15) is 5.54 Å². The number of alkyl halides is 1. The second-order valence-electron chi connectivity index (χ2n) is 3.52. The molecule has 0 aromatic heterocycles. The van der Waals surface area contributed by atoms with Crippen LogP contribution >= 0.6 is 11.6 Å². The van der Waals surface area contributed by atoms with Crippen LogP contribution in [0, 0.1) is 0 Å². The number of hydrogen-bond donors (Lipinski definition) is 0. The van der Waals surface area contributed by atoms with E-state index in [0.717, 1.165) is 6.26 Å². The maximum atomic E-state index is 11.2. The van der Waals surface area contributed by atoms with E-state index in [-0.39, 0.29) is 10.5 Å². The molecule has 0 aromatic carbocycles. The second kappa shape index (κ2) is 5.54. The minimum atomic E-state index is -3.46. The molecule has 0 spiro atoms. The molecule has 0 aliphatic rings. The number of aliphatic imine (C=N–C) groups is 1. The van der Waals surface area contributed by atoms with E-state index < -0.39 is 15.4 Å². The Morgan fingerprint density at radius 3 is 2.31 bits per heavy atom. The van der Waals surface area contributed by atoms with Crippen LogP contribution in [0.2, 0.25) is 0 Å². The Hall–Kier alpha value is -0.750. The first-order chi connectivity index (χ1) is 7.17. The highest BCUT2D eigenvalue weighted by Gasteiger charge is 2.26. The van der Waals surface area contributed by atoms with Gasteiger partial charge in [-0.25, -0.2) is 8.42 Å². The van der Waals surface area contributed by atoms with Crippen LogP contribution in [0.4, 0.5) is 0 Å². The summed E-state index contributed by atoms with van der Waals surface area (Å²) in [6, 6.07) is 0. The van der Waals surface area contributed by atoms with Gasteiger partial charge in [0.25, 0.3) is 5.17 Å². The van der Waals surface area contributed by atoms with Gasteiger partial charge in [-0.2, -0.15) is 5.11 Å². The smallest absolute Gasteiger partial charge is 0.258 e. The van der Waals surface area contributed by atoms with E-state index in [1.54, 1.807) is 13.8 Å². The van der Waals surface area contributed by atoms with Gasteiger partial charge in [0.2, 0.25) is 9.84 Å². The fraction of sp³-hybridized carbons (Fsp3) is 0.667. The lowest BCUT2D eigenvalue weighted by Crippen LogP contribution is -2.28. The van der Waals surface area contributed by atoms with Gasteiger partial charge in [0, 0.05) is 13.3 Å². The van der Waals surface area contributed by atoms with Gasteiger partial charge in [0.05, 0.1) is 5.38 Å². The van der Waals surface area contributed by atoms with Crippen molar-refractivity contribution in [3.63, 3.8) is 0 Å². The van der Waals surface area contributed by atoms with Crippen LogP contribution in [0.15, 0.2) is 27.9 Å². The summed E-state index contributed by atoms with van der Waals surface area (Å²) in [5.41, 5.74) is -0.817. The lowest BCUT2D eigenvalue weighted by molar-refractivity contribution is 0.550. The van der Waals surface area contributed by atoms with Crippen LogP contribution < -0.4 is 0 Å². The number of hydrogen-bond acceptors (Lipinski definition) is 4. The molecule has 16 heavy (non-hydrogen) atoms. The van der Waals surface area contributed by atoms with Gasteiger partial charge in [-0.1, -0.05) is 6.08 Å². The Bertz CT molecular complexity index is 414. The summed E-state index contributed by atoms with van der Waals surface area (Å²) in [6.45, 7) is 7.03. The zero-order chi connectivity index (χ0) is 13.0. The minimum Gasteiger partial charge on any atom is -0.258 e. The molecule has 0 amide bonds. The maximum Gasteiger partial charge on any atom is 0.261 e. The zero-order valence-corrected chi connectivity index (χ0v) is 11.4. The molecule has 0 bridgehead atoms. The highest BCUT2D eigenvalue weighted by molar-refractivity contribution is 8.05. The van der Waals surface area contributed by atoms with Crippen molar-refractivity contribution in [3.05, 3.63) is 12.7 Å². The molecule has 0 saturated heterocycles. The Morgan fingerprint density at radius 1 is 1.56 bits per heavy atom. The molecule has 0 aromatic rings. The summed E-state index contributed by atoms with van der Waals surface area (Å²) in [5, 5.41) is 6.81. The number of halogens is 1. The quantitative estimate of drug-likeness (QED) is 0.258. The summed E-state index contributed by atoms with van der Waals surface area (Å²) in [5.74, 6) is 0. The summed E-state index contributed by atoms with van der Waals surface area (Å²) < 4.78 is 22.4. The van der Waals surface area contributed by atoms with Crippen molar-refractivity contribution >= 4 is 26.6 Å². The lowest BCUT2D eigenvalue weighted by Gasteiger charge is -2.21. The average molecular weight is 266 g/mol. The van der Waals surface area contributed by atoms with Gasteiger partial charge < -0.3 is 0 Å². The third-order valence-corrected chi connectivity index (χ3v) is 3.46. The van der Waals surface area contributed by atoms with Gasteiger partial charge in [-0.3, -0.25) is 4.99 Å². The molecular formula is C9H16ClN3O2S. The van der Waals surface area contributed by atoms with Crippen molar-refractivity contribution in [2.24, 2.45) is 15.2 Å². The van der Waals surface area contributed by atoms with E-state index in [0.29, 0.717) is 0 Å². The largest absolute Gasteiger partial charge is 0.261 e. The average Bonchev–Trinajstić information content (AvgIpc) is 2.15. The Labute approximate surface area is 101 Å². The first-order valence-electron chi connectivity index (χ1n) is 4.54. The van der Waals surface area contributed by atoms with E-state index in [1.807, 2.05) is 0 Å². The monoisotopic (exact) mass is 265 g/mol. The SMILES string of the molecule is C=C[C@@](C)(N=NC(=NC)S(C)(=O)=O)C(C)Cl. The number of azo groups is 1. The highest BCUT2D eigenvalue weighted by Crippen LogP contribution is 2.22. The fourth-order valence-electron chi connectivity index (χ4n) is 0.718. The van der Waals surface area contributed by atoms with Crippen LogP contribution in [0.5, 0.6) is 0 Å². The van der Waals surface area contributed by atoms with Gasteiger partial charge in [-0.05, 0) is 13.8 Å². The molecule has 92 valence electrons. The predicted molar refractivity (Wildman–Crippen MR) is 67.0 cm³/mol. The van der Waals surface area contributed by atoms with Crippen molar-refractivity contribution in [2.45, 2.75) is 24.8 Å². The third kappa shape index (κ3) is 4.02. The standard InChI is InChI=1S/C9H16ClN3O2S/c1-6-9(3,7(2)10)13-12-8(11-4)16(5,14)15/h6-7H,1H2,2-5H3/t7?,9-/m1/s1. The normalized spacial score (nSPS) is 19.4.